The summed E-state index contributed by atoms with van der Waals surface area (Å²) in [5.41, 5.74) is 2.44. The van der Waals surface area contributed by atoms with Crippen LogP contribution >= 0.6 is 0 Å². The normalized spacial score (nSPS) is 17.8. The average Bonchev–Trinajstić information content (AvgIpc) is 3.20. The molecule has 2 aliphatic rings. The molecule has 182 valence electrons. The maximum atomic E-state index is 15.3. The van der Waals surface area contributed by atoms with E-state index < -0.39 is 29.2 Å². The predicted octanol–water partition coefficient (Wildman–Crippen LogP) is 3.72. The Morgan fingerprint density at radius 2 is 1.94 bits per heavy atom. The number of nitrogens with one attached hydrogen (secondary N) is 1. The Kier molecular flexibility index (Phi) is 6.74. The van der Waals surface area contributed by atoms with E-state index in [1.807, 2.05) is 44.4 Å². The van der Waals surface area contributed by atoms with Crippen LogP contribution in [0.15, 0.2) is 53.5 Å². The lowest BCUT2D eigenvalue weighted by Gasteiger charge is -2.46. The van der Waals surface area contributed by atoms with E-state index in [-0.39, 0.29) is 12.8 Å². The summed E-state index contributed by atoms with van der Waals surface area (Å²) in [4.78, 5) is 17.0. The number of aromatic nitrogens is 2. The van der Waals surface area contributed by atoms with E-state index in [0.29, 0.717) is 30.6 Å². The lowest BCUT2D eigenvalue weighted by atomic mass is 9.96. The fourth-order valence-corrected chi connectivity index (χ4v) is 4.33. The van der Waals surface area contributed by atoms with Crippen LogP contribution in [0.5, 0.6) is 5.75 Å². The van der Waals surface area contributed by atoms with Crippen LogP contribution in [0, 0.1) is 0 Å². The number of amides is 1. The zero-order valence-corrected chi connectivity index (χ0v) is 20.2. The highest BCUT2D eigenvalue weighted by Crippen LogP contribution is 2.37. The zero-order chi connectivity index (χ0) is 24.6. The van der Waals surface area contributed by atoms with Crippen molar-refractivity contribution >= 4 is 5.91 Å². The molecule has 0 unspecified atom stereocenters. The number of hydrogen-bond donors (Lipinski definition) is 1. The maximum absolute atomic E-state index is 15.3. The number of benzene rings is 1. The molecule has 1 saturated heterocycles. The van der Waals surface area contributed by atoms with E-state index in [0.717, 1.165) is 16.7 Å². The number of allylic oxidation sites excluding steroid dienone is 2. The summed E-state index contributed by atoms with van der Waals surface area (Å²) in [6, 6.07) is 5.42. The molecule has 1 aromatic carbocycles. The first kappa shape index (κ1) is 23.9. The van der Waals surface area contributed by atoms with E-state index in [2.05, 4.69) is 15.3 Å². The largest absolute Gasteiger partial charge is 0.497 e. The molecule has 1 atom stereocenters. The summed E-state index contributed by atoms with van der Waals surface area (Å²) in [5, 5.41) is 6.97. The van der Waals surface area contributed by atoms with Crippen LogP contribution in [-0.2, 0) is 11.8 Å². The molecule has 4 rings (SSSR count). The summed E-state index contributed by atoms with van der Waals surface area (Å²) < 4.78 is 37.1. The van der Waals surface area contributed by atoms with Gasteiger partial charge in [0, 0.05) is 44.4 Å². The van der Waals surface area contributed by atoms with E-state index in [1.54, 1.807) is 31.0 Å². The molecular weight excluding hydrogens is 440 g/mol. The fraction of sp³-hybridized carbons (Fsp3) is 0.440. The van der Waals surface area contributed by atoms with Gasteiger partial charge in [0.25, 0.3) is 5.91 Å². The van der Waals surface area contributed by atoms with Crippen LogP contribution in [0.2, 0.25) is 0 Å². The van der Waals surface area contributed by atoms with Gasteiger partial charge in [-0.15, -0.1) is 0 Å². The third-order valence-corrected chi connectivity index (χ3v) is 6.58. The minimum Gasteiger partial charge on any atom is -0.497 e. The number of aryl methyl sites for hydroxylation is 1. The van der Waals surface area contributed by atoms with Crippen molar-refractivity contribution in [2.45, 2.75) is 31.8 Å². The lowest BCUT2D eigenvalue weighted by molar-refractivity contribution is -0.118. The van der Waals surface area contributed by atoms with Crippen molar-refractivity contribution in [3.05, 3.63) is 59.1 Å². The number of likely N-dealkylation sites (N-methyl/N-ethyl adjacent to an activating group) is 1. The first-order valence-corrected chi connectivity index (χ1v) is 11.4. The SMILES string of the molecule is COc1cc(-c2cnn(C)c2)cc([C@@H](C)NC(=O)C2=C(F)CCC(N3CC(N(C)C)C3)=C2F)c1. The van der Waals surface area contributed by atoms with Gasteiger partial charge in [-0.3, -0.25) is 9.48 Å². The summed E-state index contributed by atoms with van der Waals surface area (Å²) in [5.74, 6) is -1.61. The molecule has 0 saturated carbocycles. The molecule has 1 fully saturated rings. The topological polar surface area (TPSA) is 62.6 Å². The molecule has 34 heavy (non-hydrogen) atoms. The third kappa shape index (κ3) is 4.70. The Hall–Kier alpha value is -3.20. The molecule has 0 bridgehead atoms. The first-order chi connectivity index (χ1) is 16.2. The molecule has 1 aromatic heterocycles. The van der Waals surface area contributed by atoms with Crippen molar-refractivity contribution in [1.82, 2.24) is 24.9 Å². The van der Waals surface area contributed by atoms with E-state index >= 15 is 4.39 Å². The van der Waals surface area contributed by atoms with Crippen molar-refractivity contribution in [2.75, 3.05) is 34.3 Å². The van der Waals surface area contributed by atoms with Crippen molar-refractivity contribution < 1.29 is 18.3 Å². The Bertz CT molecular complexity index is 1150. The number of likely N-dealkylation sites (tertiary alicyclic amines) is 1. The highest BCUT2D eigenvalue weighted by Gasteiger charge is 2.36. The Labute approximate surface area is 198 Å². The van der Waals surface area contributed by atoms with Crippen LogP contribution in [0.3, 0.4) is 0 Å². The van der Waals surface area contributed by atoms with Crippen molar-refractivity contribution in [2.24, 2.45) is 7.05 Å². The third-order valence-electron chi connectivity index (χ3n) is 6.58. The lowest BCUT2D eigenvalue weighted by Crippen LogP contribution is -2.56. The molecule has 2 aromatic rings. The van der Waals surface area contributed by atoms with E-state index in [4.69, 9.17) is 4.74 Å². The van der Waals surface area contributed by atoms with Crippen molar-refractivity contribution in [3.8, 4) is 16.9 Å². The second kappa shape index (κ2) is 9.58. The number of carbonyl (C=O) groups is 1. The molecule has 1 N–H and O–H groups in total. The van der Waals surface area contributed by atoms with E-state index in [9.17, 15) is 9.18 Å². The van der Waals surface area contributed by atoms with Crippen LogP contribution in [0.4, 0.5) is 8.78 Å². The molecule has 1 aliphatic heterocycles. The number of carbonyl (C=O) groups excluding carboxylic acids is 1. The highest BCUT2D eigenvalue weighted by atomic mass is 19.1. The van der Waals surface area contributed by atoms with Crippen LogP contribution in [0.25, 0.3) is 11.1 Å². The summed E-state index contributed by atoms with van der Waals surface area (Å²) >= 11 is 0. The smallest absolute Gasteiger partial charge is 0.257 e. The summed E-state index contributed by atoms with van der Waals surface area (Å²) in [7, 11) is 7.35. The molecule has 2 heterocycles. The number of methoxy groups -OCH3 is 1. The van der Waals surface area contributed by atoms with Crippen LogP contribution < -0.4 is 10.1 Å². The summed E-state index contributed by atoms with van der Waals surface area (Å²) in [6.07, 6.45) is 3.90. The van der Waals surface area contributed by atoms with Gasteiger partial charge >= 0.3 is 0 Å². The average molecular weight is 472 g/mol. The predicted molar refractivity (Wildman–Crippen MR) is 126 cm³/mol. The Morgan fingerprint density at radius 3 is 2.56 bits per heavy atom. The number of nitrogens with zero attached hydrogens (tertiary/aromatic N) is 4. The van der Waals surface area contributed by atoms with E-state index in [1.165, 1.54) is 0 Å². The quantitative estimate of drug-likeness (QED) is 0.667. The molecule has 7 nitrogen and oxygen atoms in total. The second-order valence-corrected chi connectivity index (χ2v) is 9.16. The molecule has 9 heteroatoms. The van der Waals surface area contributed by atoms with Gasteiger partial charge in [0.05, 0.1) is 25.0 Å². The Morgan fingerprint density at radius 1 is 1.21 bits per heavy atom. The second-order valence-electron chi connectivity index (χ2n) is 9.16. The number of rotatable bonds is 7. The molecule has 0 spiro atoms. The van der Waals surface area contributed by atoms with Crippen LogP contribution in [0.1, 0.15) is 31.4 Å². The minimum absolute atomic E-state index is 0.0212. The maximum Gasteiger partial charge on any atom is 0.257 e. The van der Waals surface area contributed by atoms with Crippen LogP contribution in [-0.4, -0.2) is 65.8 Å². The number of ether oxygens (including phenoxy) is 1. The van der Waals surface area contributed by atoms with Gasteiger partial charge in [0.15, 0.2) is 5.83 Å². The molecule has 0 radical (unpaired) electrons. The molecule has 1 aliphatic carbocycles. The van der Waals surface area contributed by atoms with Crippen molar-refractivity contribution in [3.63, 3.8) is 0 Å². The van der Waals surface area contributed by atoms with Gasteiger partial charge < -0.3 is 19.9 Å². The first-order valence-electron chi connectivity index (χ1n) is 11.4. The summed E-state index contributed by atoms with van der Waals surface area (Å²) in [6.45, 7) is 3.12. The molecule has 1 amide bonds. The van der Waals surface area contributed by atoms with Gasteiger partial charge in [0.1, 0.15) is 17.1 Å². The zero-order valence-electron chi connectivity index (χ0n) is 20.2. The molecular formula is C25H31F2N5O2. The highest BCUT2D eigenvalue weighted by molar-refractivity contribution is 5.98. The standard InChI is InChI=1S/C25H31F2N5O2/c1-15(16-8-17(10-20(9-16)34-5)18-11-28-31(4)12-18)29-25(33)23-21(26)6-7-22(24(23)27)32-13-19(14-32)30(2)3/h8-12,15,19H,6-7,13-14H2,1-5H3,(H,29,33)/t15-/m1/s1. The van der Waals surface area contributed by atoms with Gasteiger partial charge in [-0.2, -0.15) is 5.10 Å². The van der Waals surface area contributed by atoms with Gasteiger partial charge in [-0.25, -0.2) is 8.78 Å². The minimum atomic E-state index is -0.757. The van der Waals surface area contributed by atoms with Crippen molar-refractivity contribution in [1.29, 1.82) is 0 Å². The number of hydrogen-bond acceptors (Lipinski definition) is 5. The fourth-order valence-electron chi connectivity index (χ4n) is 4.33. The van der Waals surface area contributed by atoms with Gasteiger partial charge in [-0.05, 0) is 56.8 Å². The Balaban J connectivity index is 1.54. The number of halogens is 2. The monoisotopic (exact) mass is 471 g/mol. The van der Waals surface area contributed by atoms with Gasteiger partial charge in [-0.1, -0.05) is 0 Å². The van der Waals surface area contributed by atoms with Gasteiger partial charge in [0.2, 0.25) is 0 Å².